The summed E-state index contributed by atoms with van der Waals surface area (Å²) in [4.78, 5) is 0. The molecule has 0 aromatic heterocycles. The first-order chi connectivity index (χ1) is 7.19. The second kappa shape index (κ2) is 5.26. The molecule has 0 bridgehead atoms. The van der Waals surface area contributed by atoms with Gasteiger partial charge in [0, 0.05) is 6.20 Å². The fraction of sp³-hybridized carbons (Fsp3) is 0. The number of hydrogen-bond acceptors (Lipinski definition) is 3. The predicted octanol–water partition coefficient (Wildman–Crippen LogP) is 3.34. The van der Waals surface area contributed by atoms with E-state index in [4.69, 9.17) is 33.7 Å². The van der Waals surface area contributed by atoms with Crippen molar-refractivity contribution in [2.75, 3.05) is 5.32 Å². The van der Waals surface area contributed by atoms with E-state index >= 15 is 0 Å². The van der Waals surface area contributed by atoms with Crippen LogP contribution in [0.1, 0.15) is 0 Å². The van der Waals surface area contributed by atoms with Gasteiger partial charge in [-0.3, -0.25) is 0 Å². The number of nitrogens with zero attached hydrogens (tertiary/aromatic N) is 2. The third-order valence-corrected chi connectivity index (χ3v) is 2.19. The normalized spacial score (nSPS) is 8.53. The zero-order chi connectivity index (χ0) is 11.3. The van der Waals surface area contributed by atoms with E-state index in [1.807, 2.05) is 0 Å². The van der Waals surface area contributed by atoms with Crippen LogP contribution in [0.4, 0.5) is 5.69 Å². The van der Waals surface area contributed by atoms with Crippen molar-refractivity contribution in [1.29, 1.82) is 10.5 Å². The molecule has 15 heavy (non-hydrogen) atoms. The molecule has 74 valence electrons. The number of nitrogens with one attached hydrogen (secondary N) is 1. The van der Waals surface area contributed by atoms with Crippen molar-refractivity contribution in [2.24, 2.45) is 0 Å². The van der Waals surface area contributed by atoms with Gasteiger partial charge >= 0.3 is 0 Å². The number of nitriles is 2. The maximum absolute atomic E-state index is 8.50. The van der Waals surface area contributed by atoms with E-state index in [-0.39, 0.29) is 5.57 Å². The van der Waals surface area contributed by atoms with Gasteiger partial charge in [0.25, 0.3) is 0 Å². The van der Waals surface area contributed by atoms with Crippen molar-refractivity contribution in [3.05, 3.63) is 40.0 Å². The Labute approximate surface area is 97.1 Å². The van der Waals surface area contributed by atoms with Gasteiger partial charge in [0.1, 0.15) is 17.7 Å². The van der Waals surface area contributed by atoms with E-state index in [9.17, 15) is 0 Å². The summed E-state index contributed by atoms with van der Waals surface area (Å²) >= 11 is 11.7. The van der Waals surface area contributed by atoms with Crippen molar-refractivity contribution in [2.45, 2.75) is 0 Å². The van der Waals surface area contributed by atoms with Crippen molar-refractivity contribution in [3.63, 3.8) is 0 Å². The van der Waals surface area contributed by atoms with Crippen LogP contribution in [0.2, 0.25) is 10.0 Å². The number of allylic oxidation sites excluding steroid dienone is 1. The highest BCUT2D eigenvalue weighted by atomic mass is 35.5. The van der Waals surface area contributed by atoms with Gasteiger partial charge in [-0.1, -0.05) is 29.3 Å². The van der Waals surface area contributed by atoms with Crippen LogP contribution in [-0.2, 0) is 0 Å². The second-order valence-electron chi connectivity index (χ2n) is 2.52. The molecule has 0 heterocycles. The summed E-state index contributed by atoms with van der Waals surface area (Å²) in [5.74, 6) is 0. The monoisotopic (exact) mass is 237 g/mol. The molecule has 0 radical (unpaired) electrons. The number of anilines is 1. The third-order valence-electron chi connectivity index (χ3n) is 1.56. The first kappa shape index (κ1) is 11.4. The van der Waals surface area contributed by atoms with Gasteiger partial charge in [0.15, 0.2) is 0 Å². The van der Waals surface area contributed by atoms with Crippen molar-refractivity contribution in [3.8, 4) is 12.1 Å². The molecule has 0 fully saturated rings. The zero-order valence-corrected chi connectivity index (χ0v) is 8.97. The zero-order valence-electron chi connectivity index (χ0n) is 7.46. The Morgan fingerprint density at radius 1 is 1.20 bits per heavy atom. The summed E-state index contributed by atoms with van der Waals surface area (Å²) in [5.41, 5.74) is 0.426. The molecule has 0 amide bonds. The van der Waals surface area contributed by atoms with Crippen LogP contribution < -0.4 is 5.32 Å². The molecule has 0 aliphatic heterocycles. The van der Waals surface area contributed by atoms with Crippen LogP contribution >= 0.6 is 23.2 Å². The predicted molar refractivity (Wildman–Crippen MR) is 59.4 cm³/mol. The van der Waals surface area contributed by atoms with Gasteiger partial charge in [0.05, 0.1) is 15.7 Å². The highest BCUT2D eigenvalue weighted by Crippen LogP contribution is 2.29. The lowest BCUT2D eigenvalue weighted by Crippen LogP contribution is -1.91. The molecule has 0 atom stereocenters. The van der Waals surface area contributed by atoms with E-state index in [1.165, 1.54) is 6.20 Å². The van der Waals surface area contributed by atoms with Gasteiger partial charge < -0.3 is 5.32 Å². The fourth-order valence-corrected chi connectivity index (χ4v) is 1.38. The maximum Gasteiger partial charge on any atom is 0.145 e. The molecule has 0 spiro atoms. The number of rotatable bonds is 2. The van der Waals surface area contributed by atoms with Gasteiger partial charge in [-0.15, -0.1) is 0 Å². The smallest absolute Gasteiger partial charge is 0.145 e. The quantitative estimate of drug-likeness (QED) is 0.803. The van der Waals surface area contributed by atoms with Gasteiger partial charge in [-0.05, 0) is 12.1 Å². The standard InChI is InChI=1S/C10H5Cl2N3/c11-8-2-1-3-9(12)10(8)15-6-7(4-13)5-14/h1-3,6,15H. The molecular weight excluding hydrogens is 233 g/mol. The molecule has 0 unspecified atom stereocenters. The van der Waals surface area contributed by atoms with E-state index in [1.54, 1.807) is 30.3 Å². The summed E-state index contributed by atoms with van der Waals surface area (Å²) in [6.45, 7) is 0. The van der Waals surface area contributed by atoms with Gasteiger partial charge in [-0.2, -0.15) is 10.5 Å². The van der Waals surface area contributed by atoms with Crippen molar-refractivity contribution in [1.82, 2.24) is 0 Å². The van der Waals surface area contributed by atoms with Crippen LogP contribution in [0.25, 0.3) is 0 Å². The molecule has 0 aliphatic rings. The minimum atomic E-state index is -0.0500. The van der Waals surface area contributed by atoms with Crippen LogP contribution in [0.5, 0.6) is 0 Å². The van der Waals surface area contributed by atoms with Crippen LogP contribution in [0.15, 0.2) is 30.0 Å². The Morgan fingerprint density at radius 2 is 1.73 bits per heavy atom. The number of para-hydroxylation sites is 1. The Balaban J connectivity index is 2.98. The second-order valence-corrected chi connectivity index (χ2v) is 3.34. The summed E-state index contributed by atoms with van der Waals surface area (Å²) in [6.07, 6.45) is 1.26. The molecule has 1 rings (SSSR count). The minimum absolute atomic E-state index is 0.0500. The van der Waals surface area contributed by atoms with Crippen molar-refractivity contribution < 1.29 is 0 Å². The van der Waals surface area contributed by atoms with E-state index in [2.05, 4.69) is 5.32 Å². The highest BCUT2D eigenvalue weighted by molar-refractivity contribution is 6.39. The molecule has 3 nitrogen and oxygen atoms in total. The van der Waals surface area contributed by atoms with E-state index in [0.717, 1.165) is 0 Å². The largest absolute Gasteiger partial charge is 0.357 e. The minimum Gasteiger partial charge on any atom is -0.357 e. The summed E-state index contributed by atoms with van der Waals surface area (Å²) in [5, 5.41) is 20.6. The van der Waals surface area contributed by atoms with Gasteiger partial charge in [0.2, 0.25) is 0 Å². The lowest BCUT2D eigenvalue weighted by molar-refractivity contribution is 1.44. The Hall–Kier alpha value is -1.68. The van der Waals surface area contributed by atoms with Crippen LogP contribution in [0, 0.1) is 22.7 Å². The number of hydrogen-bond donors (Lipinski definition) is 1. The lowest BCUT2D eigenvalue weighted by Gasteiger charge is -2.05. The van der Waals surface area contributed by atoms with Crippen LogP contribution in [0.3, 0.4) is 0 Å². The summed E-state index contributed by atoms with van der Waals surface area (Å²) in [6, 6.07) is 8.44. The van der Waals surface area contributed by atoms with E-state index < -0.39 is 0 Å². The van der Waals surface area contributed by atoms with Crippen molar-refractivity contribution >= 4 is 28.9 Å². The SMILES string of the molecule is N#CC(C#N)=CNc1c(Cl)cccc1Cl. The molecule has 1 aromatic carbocycles. The average molecular weight is 238 g/mol. The number of halogens is 2. The topological polar surface area (TPSA) is 59.6 Å². The molecular formula is C10H5Cl2N3. The molecule has 0 saturated heterocycles. The number of benzene rings is 1. The Bertz CT molecular complexity index is 444. The van der Waals surface area contributed by atoms with Crippen LogP contribution in [-0.4, -0.2) is 0 Å². The highest BCUT2D eigenvalue weighted by Gasteiger charge is 2.03. The maximum atomic E-state index is 8.50. The van der Waals surface area contributed by atoms with E-state index in [0.29, 0.717) is 15.7 Å². The molecule has 5 heteroatoms. The Morgan fingerprint density at radius 3 is 2.20 bits per heavy atom. The molecule has 1 N–H and O–H groups in total. The molecule has 0 aliphatic carbocycles. The Kier molecular flexibility index (Phi) is 4.00. The summed E-state index contributed by atoms with van der Waals surface area (Å²) < 4.78 is 0. The fourth-order valence-electron chi connectivity index (χ4n) is 0.870. The molecule has 1 aromatic rings. The first-order valence-electron chi connectivity index (χ1n) is 3.90. The lowest BCUT2D eigenvalue weighted by atomic mass is 10.3. The first-order valence-corrected chi connectivity index (χ1v) is 4.65. The summed E-state index contributed by atoms with van der Waals surface area (Å²) in [7, 11) is 0. The molecule has 0 saturated carbocycles. The van der Waals surface area contributed by atoms with Gasteiger partial charge in [-0.25, -0.2) is 0 Å². The third kappa shape index (κ3) is 2.89. The average Bonchev–Trinajstić information content (AvgIpc) is 2.23.